The van der Waals surface area contributed by atoms with E-state index in [1.165, 1.54) is 6.07 Å². The van der Waals surface area contributed by atoms with Gasteiger partial charge in [-0.25, -0.2) is 5.10 Å². The van der Waals surface area contributed by atoms with Crippen molar-refractivity contribution in [2.24, 2.45) is 0 Å². The number of nitrogens with zero attached hydrogens (tertiary/aromatic N) is 1. The number of rotatable bonds is 5. The van der Waals surface area contributed by atoms with Crippen molar-refractivity contribution in [2.45, 2.75) is 13.3 Å². The third-order valence-electron chi connectivity index (χ3n) is 3.94. The zero-order valence-electron chi connectivity index (χ0n) is 14.1. The molecule has 5 heteroatoms. The summed E-state index contributed by atoms with van der Waals surface area (Å²) in [5.74, 6) is 0.442. The highest BCUT2D eigenvalue weighted by Gasteiger charge is 2.15. The Balaban J connectivity index is 1.94. The molecule has 0 radical (unpaired) electrons. The van der Waals surface area contributed by atoms with E-state index in [4.69, 9.17) is 4.74 Å². The second kappa shape index (κ2) is 7.13. The van der Waals surface area contributed by atoms with Gasteiger partial charge in [0.25, 0.3) is 5.56 Å². The fourth-order valence-electron chi connectivity index (χ4n) is 2.58. The largest absolute Gasteiger partial charge is 0.496 e. The minimum Gasteiger partial charge on any atom is -0.496 e. The van der Waals surface area contributed by atoms with E-state index in [9.17, 15) is 9.59 Å². The molecule has 0 aliphatic carbocycles. The fourth-order valence-corrected chi connectivity index (χ4v) is 2.58. The second-order valence-electron chi connectivity index (χ2n) is 5.82. The number of benzene rings is 2. The maximum absolute atomic E-state index is 12.8. The number of hydrogen-bond donors (Lipinski definition) is 1. The molecular formula is C20H18N2O3. The number of methoxy groups -OCH3 is 1. The Labute approximate surface area is 145 Å². The van der Waals surface area contributed by atoms with Crippen molar-refractivity contribution < 1.29 is 9.53 Å². The summed E-state index contributed by atoms with van der Waals surface area (Å²) >= 11 is 0. The normalized spacial score (nSPS) is 10.5. The van der Waals surface area contributed by atoms with Crippen LogP contribution in [0, 0.1) is 6.92 Å². The first-order valence-electron chi connectivity index (χ1n) is 7.90. The number of ketones is 1. The minimum atomic E-state index is -0.242. The van der Waals surface area contributed by atoms with Crippen LogP contribution >= 0.6 is 0 Å². The molecule has 1 heterocycles. The summed E-state index contributed by atoms with van der Waals surface area (Å²) in [6, 6.07) is 16.0. The number of aryl methyl sites for hydroxylation is 1. The maximum Gasteiger partial charge on any atom is 0.264 e. The van der Waals surface area contributed by atoms with Crippen LogP contribution in [0.3, 0.4) is 0 Å². The van der Waals surface area contributed by atoms with E-state index < -0.39 is 0 Å². The van der Waals surface area contributed by atoms with Gasteiger partial charge in [-0.2, -0.15) is 5.10 Å². The predicted octanol–water partition coefficient (Wildman–Crippen LogP) is 2.91. The summed E-state index contributed by atoms with van der Waals surface area (Å²) in [5.41, 5.74) is 3.61. The molecule has 0 saturated heterocycles. The van der Waals surface area contributed by atoms with Crippen LogP contribution in [-0.4, -0.2) is 23.1 Å². The summed E-state index contributed by atoms with van der Waals surface area (Å²) in [5, 5.41) is 6.42. The molecule has 0 saturated carbocycles. The molecule has 1 aromatic heterocycles. The molecular weight excluding hydrogens is 316 g/mol. The number of aromatic amines is 1. The van der Waals surface area contributed by atoms with Gasteiger partial charge in [0, 0.05) is 18.1 Å². The summed E-state index contributed by atoms with van der Waals surface area (Å²) in [6.07, 6.45) is 0.509. The van der Waals surface area contributed by atoms with Crippen LogP contribution in [0.1, 0.15) is 32.7 Å². The van der Waals surface area contributed by atoms with Gasteiger partial charge in [0.2, 0.25) is 0 Å². The Kier molecular flexibility index (Phi) is 4.75. The monoisotopic (exact) mass is 334 g/mol. The molecule has 0 unspecified atom stereocenters. The Morgan fingerprint density at radius 2 is 1.84 bits per heavy atom. The van der Waals surface area contributed by atoms with E-state index >= 15 is 0 Å². The molecule has 0 bridgehead atoms. The van der Waals surface area contributed by atoms with Crippen molar-refractivity contribution in [1.82, 2.24) is 10.2 Å². The van der Waals surface area contributed by atoms with Crippen LogP contribution in [0.15, 0.2) is 59.4 Å². The van der Waals surface area contributed by atoms with Crippen LogP contribution in [0.4, 0.5) is 0 Å². The first-order valence-corrected chi connectivity index (χ1v) is 7.90. The van der Waals surface area contributed by atoms with Crippen molar-refractivity contribution >= 4 is 5.78 Å². The van der Waals surface area contributed by atoms with Gasteiger partial charge in [-0.15, -0.1) is 0 Å². The van der Waals surface area contributed by atoms with Gasteiger partial charge >= 0.3 is 0 Å². The highest BCUT2D eigenvalue weighted by Crippen LogP contribution is 2.24. The highest BCUT2D eigenvalue weighted by molar-refractivity contribution is 6.10. The SMILES string of the molecule is COc1ccc(Cc2ccc(=O)[nH]n2)cc1C(=O)c1ccc(C)cc1. The Bertz CT molecular complexity index is 939. The lowest BCUT2D eigenvalue weighted by atomic mass is 9.98. The summed E-state index contributed by atoms with van der Waals surface area (Å²) in [4.78, 5) is 23.9. The van der Waals surface area contributed by atoms with Gasteiger partial charge < -0.3 is 4.74 Å². The number of hydrogen-bond acceptors (Lipinski definition) is 4. The van der Waals surface area contributed by atoms with Crippen LogP contribution < -0.4 is 10.3 Å². The van der Waals surface area contributed by atoms with E-state index in [2.05, 4.69) is 10.2 Å². The highest BCUT2D eigenvalue weighted by atomic mass is 16.5. The molecule has 126 valence electrons. The van der Waals surface area contributed by atoms with E-state index in [1.54, 1.807) is 19.2 Å². The molecule has 0 fully saturated rings. The zero-order chi connectivity index (χ0) is 17.8. The Hall–Kier alpha value is -3.21. The summed E-state index contributed by atoms with van der Waals surface area (Å²) in [7, 11) is 1.55. The maximum atomic E-state index is 12.8. The van der Waals surface area contributed by atoms with Gasteiger partial charge in [-0.3, -0.25) is 9.59 Å². The third kappa shape index (κ3) is 3.83. The predicted molar refractivity (Wildman–Crippen MR) is 95.3 cm³/mol. The molecule has 0 aliphatic rings. The number of carbonyl (C=O) groups is 1. The average Bonchev–Trinajstić information content (AvgIpc) is 2.63. The lowest BCUT2D eigenvalue weighted by Gasteiger charge is -2.10. The fraction of sp³-hybridized carbons (Fsp3) is 0.150. The van der Waals surface area contributed by atoms with Crippen molar-refractivity contribution in [3.8, 4) is 5.75 Å². The van der Waals surface area contributed by atoms with Crippen molar-refractivity contribution in [2.75, 3.05) is 7.11 Å². The van der Waals surface area contributed by atoms with Crippen molar-refractivity contribution in [1.29, 1.82) is 0 Å². The third-order valence-corrected chi connectivity index (χ3v) is 3.94. The topological polar surface area (TPSA) is 72.1 Å². The number of aromatic nitrogens is 2. The molecule has 3 aromatic rings. The second-order valence-corrected chi connectivity index (χ2v) is 5.82. The van der Waals surface area contributed by atoms with E-state index in [0.29, 0.717) is 23.3 Å². The molecule has 25 heavy (non-hydrogen) atoms. The van der Waals surface area contributed by atoms with E-state index in [-0.39, 0.29) is 11.3 Å². The minimum absolute atomic E-state index is 0.0897. The van der Waals surface area contributed by atoms with Crippen LogP contribution in [0.5, 0.6) is 5.75 Å². The number of ether oxygens (including phenoxy) is 1. The molecule has 3 rings (SSSR count). The molecule has 0 atom stereocenters. The quantitative estimate of drug-likeness (QED) is 0.728. The first kappa shape index (κ1) is 16.6. The molecule has 0 aliphatic heterocycles. The first-order chi connectivity index (χ1) is 12.1. The number of carbonyl (C=O) groups excluding carboxylic acids is 1. The van der Waals surface area contributed by atoms with Crippen molar-refractivity contribution in [3.05, 3.63) is 92.9 Å². The lowest BCUT2D eigenvalue weighted by molar-refractivity contribution is 0.103. The smallest absolute Gasteiger partial charge is 0.264 e. The number of H-pyrrole nitrogens is 1. The molecule has 2 aromatic carbocycles. The van der Waals surface area contributed by atoms with E-state index in [0.717, 1.165) is 16.8 Å². The molecule has 1 N–H and O–H groups in total. The number of nitrogens with one attached hydrogen (secondary N) is 1. The van der Waals surface area contributed by atoms with Crippen LogP contribution in [0.25, 0.3) is 0 Å². The van der Waals surface area contributed by atoms with Gasteiger partial charge in [0.1, 0.15) is 5.75 Å². The summed E-state index contributed by atoms with van der Waals surface area (Å²) in [6.45, 7) is 1.98. The van der Waals surface area contributed by atoms with Gasteiger partial charge in [-0.1, -0.05) is 35.9 Å². The molecule has 0 amide bonds. The Morgan fingerprint density at radius 1 is 1.08 bits per heavy atom. The van der Waals surface area contributed by atoms with Gasteiger partial charge in [0.05, 0.1) is 18.4 Å². The molecule has 5 nitrogen and oxygen atoms in total. The summed E-state index contributed by atoms with van der Waals surface area (Å²) < 4.78 is 5.35. The Morgan fingerprint density at radius 3 is 2.48 bits per heavy atom. The van der Waals surface area contributed by atoms with E-state index in [1.807, 2.05) is 43.3 Å². The van der Waals surface area contributed by atoms with Gasteiger partial charge in [0.15, 0.2) is 5.78 Å². The van der Waals surface area contributed by atoms with Crippen LogP contribution in [-0.2, 0) is 6.42 Å². The van der Waals surface area contributed by atoms with Crippen molar-refractivity contribution in [3.63, 3.8) is 0 Å². The average molecular weight is 334 g/mol. The van der Waals surface area contributed by atoms with Gasteiger partial charge in [-0.05, 0) is 30.7 Å². The zero-order valence-corrected chi connectivity index (χ0v) is 14.1. The standard InChI is InChI=1S/C20H18N2O3/c1-13-3-6-15(7-4-13)20(24)17-12-14(5-9-18(17)25-2)11-16-8-10-19(23)22-21-16/h3-10,12H,11H2,1-2H3,(H,22,23). The van der Waals surface area contributed by atoms with Crippen LogP contribution in [0.2, 0.25) is 0 Å². The molecule has 0 spiro atoms. The lowest BCUT2D eigenvalue weighted by Crippen LogP contribution is -2.08.